The first kappa shape index (κ1) is 22.4. The maximum atomic E-state index is 14.0. The van der Waals surface area contributed by atoms with Crippen LogP contribution in [0, 0.1) is 18.6 Å². The lowest BCUT2D eigenvalue weighted by Crippen LogP contribution is -2.32. The largest absolute Gasteiger partial charge is 0.492 e. The SMILES string of the molecule is Cc1ccc(S(=O)(=O)N2CCOc3ccc(COCc4cccc(F)c4)cc3C2)cc1F. The summed E-state index contributed by atoms with van der Waals surface area (Å²) in [7, 11) is -3.89. The molecule has 0 amide bonds. The fourth-order valence-electron chi connectivity index (χ4n) is 3.52. The Labute approximate surface area is 186 Å². The van der Waals surface area contributed by atoms with Gasteiger partial charge in [0.1, 0.15) is 24.0 Å². The molecule has 0 radical (unpaired) electrons. The molecule has 1 aliphatic heterocycles. The summed E-state index contributed by atoms with van der Waals surface area (Å²) in [6.45, 7) is 2.56. The average molecular weight is 460 g/mol. The first-order valence-electron chi connectivity index (χ1n) is 10.2. The van der Waals surface area contributed by atoms with Gasteiger partial charge in [0.25, 0.3) is 0 Å². The summed E-state index contributed by atoms with van der Waals surface area (Å²) in [6.07, 6.45) is 0. The lowest BCUT2D eigenvalue weighted by molar-refractivity contribution is 0.107. The fourth-order valence-corrected chi connectivity index (χ4v) is 4.93. The van der Waals surface area contributed by atoms with Gasteiger partial charge < -0.3 is 9.47 Å². The van der Waals surface area contributed by atoms with Crippen molar-refractivity contribution in [2.75, 3.05) is 13.2 Å². The van der Waals surface area contributed by atoms with Gasteiger partial charge >= 0.3 is 0 Å². The third-order valence-electron chi connectivity index (χ3n) is 5.28. The molecule has 0 aliphatic carbocycles. The molecular weight excluding hydrogens is 436 g/mol. The molecule has 1 aliphatic rings. The number of ether oxygens (including phenoxy) is 2. The van der Waals surface area contributed by atoms with E-state index >= 15 is 0 Å². The number of nitrogens with zero attached hydrogens (tertiary/aromatic N) is 1. The highest BCUT2D eigenvalue weighted by molar-refractivity contribution is 7.89. The van der Waals surface area contributed by atoms with E-state index in [1.54, 1.807) is 25.1 Å². The molecule has 0 spiro atoms. The molecule has 1 heterocycles. The molecular formula is C24H23F2NO4S. The molecule has 4 rings (SSSR count). The standard InChI is InChI=1S/C24H23F2NO4S/c1-17-5-7-22(13-23(17)26)32(28,29)27-9-10-31-24-8-6-19(11-20(24)14-27)16-30-15-18-3-2-4-21(25)12-18/h2-8,11-13H,9-10,14-16H2,1H3. The lowest BCUT2D eigenvalue weighted by atomic mass is 10.1. The van der Waals surface area contributed by atoms with Crippen LogP contribution in [0.1, 0.15) is 22.3 Å². The number of halogens is 2. The normalized spacial score (nSPS) is 14.5. The highest BCUT2D eigenvalue weighted by Gasteiger charge is 2.28. The zero-order valence-corrected chi connectivity index (χ0v) is 18.4. The Morgan fingerprint density at radius 1 is 1.00 bits per heavy atom. The Kier molecular flexibility index (Phi) is 6.55. The highest BCUT2D eigenvalue weighted by Crippen LogP contribution is 2.28. The molecule has 168 valence electrons. The van der Waals surface area contributed by atoms with Crippen molar-refractivity contribution in [2.24, 2.45) is 0 Å². The van der Waals surface area contributed by atoms with Crippen molar-refractivity contribution in [2.45, 2.75) is 31.6 Å². The minimum absolute atomic E-state index is 0.0846. The number of fused-ring (bicyclic) bond motifs is 1. The van der Waals surface area contributed by atoms with Gasteiger partial charge in [-0.15, -0.1) is 0 Å². The number of rotatable bonds is 6. The van der Waals surface area contributed by atoms with Crippen LogP contribution in [0.2, 0.25) is 0 Å². The highest BCUT2D eigenvalue weighted by atomic mass is 32.2. The van der Waals surface area contributed by atoms with Crippen molar-refractivity contribution in [3.8, 4) is 5.75 Å². The molecule has 32 heavy (non-hydrogen) atoms. The Hall–Kier alpha value is -2.81. The molecule has 3 aromatic carbocycles. The van der Waals surface area contributed by atoms with Crippen LogP contribution in [0.15, 0.2) is 65.6 Å². The van der Waals surface area contributed by atoms with E-state index in [1.165, 1.54) is 28.6 Å². The Balaban J connectivity index is 1.49. The van der Waals surface area contributed by atoms with Crippen LogP contribution in [-0.2, 0) is 34.5 Å². The van der Waals surface area contributed by atoms with Gasteiger partial charge in [-0.1, -0.05) is 24.3 Å². The Morgan fingerprint density at radius 3 is 2.53 bits per heavy atom. The predicted octanol–water partition coefficient (Wildman–Crippen LogP) is 4.57. The van der Waals surface area contributed by atoms with Gasteiger partial charge in [0.05, 0.1) is 18.1 Å². The maximum absolute atomic E-state index is 14.0. The number of sulfonamides is 1. The minimum atomic E-state index is -3.89. The molecule has 0 aromatic heterocycles. The smallest absolute Gasteiger partial charge is 0.243 e. The van der Waals surface area contributed by atoms with Crippen molar-refractivity contribution in [1.29, 1.82) is 0 Å². The molecule has 0 N–H and O–H groups in total. The minimum Gasteiger partial charge on any atom is -0.492 e. The number of hydrogen-bond acceptors (Lipinski definition) is 4. The summed E-state index contributed by atoms with van der Waals surface area (Å²) >= 11 is 0. The third kappa shape index (κ3) is 4.98. The second-order valence-electron chi connectivity index (χ2n) is 7.66. The van der Waals surface area contributed by atoms with Crippen LogP contribution < -0.4 is 4.74 Å². The van der Waals surface area contributed by atoms with Gasteiger partial charge in [-0.3, -0.25) is 0 Å². The quantitative estimate of drug-likeness (QED) is 0.542. The van der Waals surface area contributed by atoms with Crippen LogP contribution in [0.3, 0.4) is 0 Å². The van der Waals surface area contributed by atoms with Crippen molar-refractivity contribution in [3.63, 3.8) is 0 Å². The second kappa shape index (κ2) is 9.36. The van der Waals surface area contributed by atoms with Crippen molar-refractivity contribution < 1.29 is 26.7 Å². The molecule has 0 saturated carbocycles. The summed E-state index contributed by atoms with van der Waals surface area (Å²) in [5.74, 6) is -0.273. The van der Waals surface area contributed by atoms with Gasteiger partial charge in [0.2, 0.25) is 10.0 Å². The van der Waals surface area contributed by atoms with E-state index in [2.05, 4.69) is 0 Å². The van der Waals surface area contributed by atoms with Crippen LogP contribution in [-0.4, -0.2) is 25.9 Å². The van der Waals surface area contributed by atoms with E-state index in [-0.39, 0.29) is 43.6 Å². The van der Waals surface area contributed by atoms with Crippen molar-refractivity contribution in [1.82, 2.24) is 4.31 Å². The van der Waals surface area contributed by atoms with E-state index in [9.17, 15) is 17.2 Å². The number of hydrogen-bond donors (Lipinski definition) is 0. The van der Waals surface area contributed by atoms with E-state index in [0.29, 0.717) is 16.9 Å². The number of benzene rings is 3. The third-order valence-corrected chi connectivity index (χ3v) is 7.12. The zero-order chi connectivity index (χ0) is 22.7. The summed E-state index contributed by atoms with van der Waals surface area (Å²) in [5, 5.41) is 0. The first-order chi connectivity index (χ1) is 15.3. The van der Waals surface area contributed by atoms with Gasteiger partial charge in [-0.25, -0.2) is 17.2 Å². The Morgan fingerprint density at radius 2 is 1.78 bits per heavy atom. The molecule has 3 aromatic rings. The van der Waals surface area contributed by atoms with E-state index in [4.69, 9.17) is 9.47 Å². The predicted molar refractivity (Wildman–Crippen MR) is 116 cm³/mol. The lowest BCUT2D eigenvalue weighted by Gasteiger charge is -2.20. The maximum Gasteiger partial charge on any atom is 0.243 e. The molecule has 0 bridgehead atoms. The van der Waals surface area contributed by atoms with Crippen molar-refractivity contribution >= 4 is 10.0 Å². The summed E-state index contributed by atoms with van der Waals surface area (Å²) in [5.41, 5.74) is 2.65. The van der Waals surface area contributed by atoms with E-state index in [0.717, 1.165) is 17.2 Å². The molecule has 5 nitrogen and oxygen atoms in total. The topological polar surface area (TPSA) is 55.8 Å². The van der Waals surface area contributed by atoms with Gasteiger partial charge in [-0.2, -0.15) is 4.31 Å². The monoisotopic (exact) mass is 459 g/mol. The summed E-state index contributed by atoms with van der Waals surface area (Å²) in [4.78, 5) is -0.0846. The average Bonchev–Trinajstić information content (AvgIpc) is 2.98. The molecule has 8 heteroatoms. The van der Waals surface area contributed by atoms with Gasteiger partial charge in [0, 0.05) is 18.7 Å². The first-order valence-corrected chi connectivity index (χ1v) is 11.6. The van der Waals surface area contributed by atoms with Gasteiger partial charge in [0.15, 0.2) is 0 Å². The Bertz CT molecular complexity index is 1230. The van der Waals surface area contributed by atoms with E-state index < -0.39 is 15.8 Å². The second-order valence-corrected chi connectivity index (χ2v) is 9.60. The summed E-state index contributed by atoms with van der Waals surface area (Å²) in [6, 6.07) is 15.6. The fraction of sp³-hybridized carbons (Fsp3) is 0.250. The van der Waals surface area contributed by atoms with Crippen LogP contribution in [0.4, 0.5) is 8.78 Å². The molecule has 0 unspecified atom stereocenters. The van der Waals surface area contributed by atoms with Crippen LogP contribution in [0.5, 0.6) is 5.75 Å². The van der Waals surface area contributed by atoms with Gasteiger partial charge in [-0.05, 0) is 60.0 Å². The molecule has 0 atom stereocenters. The van der Waals surface area contributed by atoms with Crippen LogP contribution >= 0.6 is 0 Å². The molecule has 0 fully saturated rings. The molecule has 0 saturated heterocycles. The van der Waals surface area contributed by atoms with E-state index in [1.807, 2.05) is 12.1 Å². The zero-order valence-electron chi connectivity index (χ0n) is 17.6. The number of aryl methyl sites for hydroxylation is 1. The van der Waals surface area contributed by atoms with Crippen LogP contribution in [0.25, 0.3) is 0 Å². The van der Waals surface area contributed by atoms with Crippen molar-refractivity contribution in [3.05, 3.63) is 94.6 Å². The summed E-state index contributed by atoms with van der Waals surface area (Å²) < 4.78 is 66.2.